The average Bonchev–Trinajstić information content (AvgIpc) is 2.71. The fourth-order valence-electron chi connectivity index (χ4n) is 4.28. The quantitative estimate of drug-likeness (QED) is 0.790. The van der Waals surface area contributed by atoms with E-state index in [9.17, 15) is 9.90 Å². The predicted molar refractivity (Wildman–Crippen MR) is 105 cm³/mol. The average molecular weight is 351 g/mol. The van der Waals surface area contributed by atoms with Crippen molar-refractivity contribution in [3.05, 3.63) is 71.8 Å². The van der Waals surface area contributed by atoms with Gasteiger partial charge in [0.05, 0.1) is 5.92 Å². The lowest BCUT2D eigenvalue weighted by Gasteiger charge is -2.46. The Morgan fingerprint density at radius 3 is 2.23 bits per heavy atom. The number of ketones is 1. The summed E-state index contributed by atoms with van der Waals surface area (Å²) in [6.07, 6.45) is 2.70. The SMILES string of the molecule is CCC(CC)N1CC[C@](O)(c2ccccc2)[C@@H](C(=O)c2ccccc2)C1. The van der Waals surface area contributed by atoms with Gasteiger partial charge in [-0.2, -0.15) is 0 Å². The van der Waals surface area contributed by atoms with Crippen LogP contribution in [0, 0.1) is 5.92 Å². The molecule has 0 aliphatic carbocycles. The van der Waals surface area contributed by atoms with Gasteiger partial charge >= 0.3 is 0 Å². The molecule has 1 aliphatic rings. The number of likely N-dealkylation sites (tertiary alicyclic amines) is 1. The molecule has 0 unspecified atom stereocenters. The van der Waals surface area contributed by atoms with Crippen LogP contribution in [0.1, 0.15) is 49.0 Å². The zero-order valence-electron chi connectivity index (χ0n) is 15.8. The van der Waals surface area contributed by atoms with E-state index in [-0.39, 0.29) is 5.78 Å². The summed E-state index contributed by atoms with van der Waals surface area (Å²) in [5.41, 5.74) is 0.410. The second kappa shape index (κ2) is 8.15. The van der Waals surface area contributed by atoms with E-state index in [2.05, 4.69) is 18.7 Å². The molecular weight excluding hydrogens is 322 g/mol. The first-order valence-electron chi connectivity index (χ1n) is 9.71. The summed E-state index contributed by atoms with van der Waals surface area (Å²) >= 11 is 0. The molecule has 1 N–H and O–H groups in total. The van der Waals surface area contributed by atoms with E-state index in [0.717, 1.165) is 24.9 Å². The number of benzene rings is 2. The zero-order chi connectivity index (χ0) is 18.6. The van der Waals surface area contributed by atoms with Gasteiger partial charge in [0.25, 0.3) is 0 Å². The van der Waals surface area contributed by atoms with Crippen molar-refractivity contribution in [3.8, 4) is 0 Å². The van der Waals surface area contributed by atoms with Crippen LogP contribution in [0.25, 0.3) is 0 Å². The van der Waals surface area contributed by atoms with Gasteiger partial charge < -0.3 is 5.11 Å². The summed E-state index contributed by atoms with van der Waals surface area (Å²) in [7, 11) is 0. The van der Waals surface area contributed by atoms with Crippen LogP contribution in [0.5, 0.6) is 0 Å². The van der Waals surface area contributed by atoms with Crippen molar-refractivity contribution < 1.29 is 9.90 Å². The molecule has 0 aromatic heterocycles. The molecular formula is C23H29NO2. The van der Waals surface area contributed by atoms with Crippen LogP contribution in [-0.4, -0.2) is 34.9 Å². The van der Waals surface area contributed by atoms with Crippen molar-refractivity contribution >= 4 is 5.78 Å². The number of rotatable bonds is 6. The number of carbonyl (C=O) groups is 1. The molecule has 2 atom stereocenters. The van der Waals surface area contributed by atoms with Crippen molar-refractivity contribution in [3.63, 3.8) is 0 Å². The third-order valence-electron chi connectivity index (χ3n) is 5.88. The van der Waals surface area contributed by atoms with E-state index < -0.39 is 11.5 Å². The molecule has 1 aliphatic heterocycles. The van der Waals surface area contributed by atoms with Crippen LogP contribution in [0.3, 0.4) is 0 Å². The van der Waals surface area contributed by atoms with E-state index in [1.807, 2.05) is 60.7 Å². The predicted octanol–water partition coefficient (Wildman–Crippen LogP) is 4.27. The molecule has 1 saturated heterocycles. The summed E-state index contributed by atoms with van der Waals surface area (Å²) in [5, 5.41) is 11.6. The molecule has 3 nitrogen and oxygen atoms in total. The minimum Gasteiger partial charge on any atom is -0.384 e. The molecule has 3 rings (SSSR count). The number of carbonyl (C=O) groups excluding carboxylic acids is 1. The van der Waals surface area contributed by atoms with Crippen molar-refractivity contribution in [2.45, 2.75) is 44.8 Å². The number of hydrogen-bond acceptors (Lipinski definition) is 3. The Kier molecular flexibility index (Phi) is 5.90. The third-order valence-corrected chi connectivity index (χ3v) is 5.88. The van der Waals surface area contributed by atoms with E-state index >= 15 is 0 Å². The molecule has 3 heteroatoms. The zero-order valence-corrected chi connectivity index (χ0v) is 15.8. The number of Topliss-reactive ketones (excluding diaryl/α,β-unsaturated/α-hetero) is 1. The molecule has 1 fully saturated rings. The molecule has 0 bridgehead atoms. The van der Waals surface area contributed by atoms with Gasteiger partial charge in [-0.3, -0.25) is 9.69 Å². The topological polar surface area (TPSA) is 40.5 Å². The summed E-state index contributed by atoms with van der Waals surface area (Å²) in [6.45, 7) is 5.81. The fraction of sp³-hybridized carbons (Fsp3) is 0.435. The minimum absolute atomic E-state index is 0.0348. The largest absolute Gasteiger partial charge is 0.384 e. The smallest absolute Gasteiger partial charge is 0.170 e. The highest BCUT2D eigenvalue weighted by Crippen LogP contribution is 2.40. The molecule has 138 valence electrons. The maximum absolute atomic E-state index is 13.3. The maximum Gasteiger partial charge on any atom is 0.170 e. The summed E-state index contributed by atoms with van der Waals surface area (Å²) in [5.74, 6) is -0.422. The van der Waals surface area contributed by atoms with Crippen molar-refractivity contribution in [2.24, 2.45) is 5.92 Å². The fourth-order valence-corrected chi connectivity index (χ4v) is 4.28. The Morgan fingerprint density at radius 1 is 1.08 bits per heavy atom. The highest BCUT2D eigenvalue weighted by molar-refractivity contribution is 5.99. The van der Waals surface area contributed by atoms with Gasteiger partial charge in [0.2, 0.25) is 0 Å². The molecule has 26 heavy (non-hydrogen) atoms. The van der Waals surface area contributed by atoms with Gasteiger partial charge in [-0.15, -0.1) is 0 Å². The highest BCUT2D eigenvalue weighted by Gasteiger charge is 2.47. The summed E-state index contributed by atoms with van der Waals surface area (Å²) < 4.78 is 0. The molecule has 2 aromatic rings. The molecule has 1 heterocycles. The van der Waals surface area contributed by atoms with E-state index in [1.54, 1.807) is 0 Å². The molecule has 0 amide bonds. The van der Waals surface area contributed by atoms with Crippen LogP contribution >= 0.6 is 0 Å². The van der Waals surface area contributed by atoms with Crippen LogP contribution in [0.2, 0.25) is 0 Å². The van der Waals surface area contributed by atoms with Gasteiger partial charge in [-0.05, 0) is 24.8 Å². The normalized spacial score (nSPS) is 23.9. The van der Waals surface area contributed by atoms with Crippen LogP contribution < -0.4 is 0 Å². The number of aliphatic hydroxyl groups is 1. The standard InChI is InChI=1S/C23H29NO2/c1-3-20(4-2)24-16-15-23(26,19-13-9-6-10-14-19)21(17-24)22(25)18-11-7-5-8-12-18/h5-14,20-21,26H,3-4,15-17H2,1-2H3/t21-,23+/m1/s1. The lowest BCUT2D eigenvalue weighted by Crippen LogP contribution is -2.55. The Morgan fingerprint density at radius 2 is 1.65 bits per heavy atom. The third kappa shape index (κ3) is 3.60. The summed E-state index contributed by atoms with van der Waals surface area (Å²) in [6, 6.07) is 19.5. The maximum atomic E-state index is 13.3. The Balaban J connectivity index is 1.97. The van der Waals surface area contributed by atoms with Crippen molar-refractivity contribution in [1.29, 1.82) is 0 Å². The number of nitrogens with zero attached hydrogens (tertiary/aromatic N) is 1. The Hall–Kier alpha value is -1.97. The first kappa shape index (κ1) is 18.8. The molecule has 0 radical (unpaired) electrons. The number of hydrogen-bond donors (Lipinski definition) is 1. The molecule has 2 aromatic carbocycles. The van der Waals surface area contributed by atoms with E-state index in [1.165, 1.54) is 0 Å². The van der Waals surface area contributed by atoms with Gasteiger partial charge in [-0.1, -0.05) is 74.5 Å². The first-order chi connectivity index (χ1) is 12.6. The monoisotopic (exact) mass is 351 g/mol. The molecule has 0 saturated carbocycles. The lowest BCUT2D eigenvalue weighted by atomic mass is 9.72. The second-order valence-corrected chi connectivity index (χ2v) is 7.29. The van der Waals surface area contributed by atoms with E-state index in [0.29, 0.717) is 24.6 Å². The second-order valence-electron chi connectivity index (χ2n) is 7.29. The van der Waals surface area contributed by atoms with Crippen molar-refractivity contribution in [1.82, 2.24) is 4.90 Å². The van der Waals surface area contributed by atoms with E-state index in [4.69, 9.17) is 0 Å². The van der Waals surface area contributed by atoms with Crippen LogP contribution in [0.15, 0.2) is 60.7 Å². The van der Waals surface area contributed by atoms with Gasteiger partial charge in [0.1, 0.15) is 5.60 Å². The van der Waals surface area contributed by atoms with Gasteiger partial charge in [0.15, 0.2) is 5.78 Å². The highest BCUT2D eigenvalue weighted by atomic mass is 16.3. The van der Waals surface area contributed by atoms with Crippen LogP contribution in [0.4, 0.5) is 0 Å². The Labute approximate surface area is 156 Å². The Bertz CT molecular complexity index is 712. The van der Waals surface area contributed by atoms with Gasteiger partial charge in [0, 0.05) is 24.7 Å². The minimum atomic E-state index is -1.11. The number of piperidine rings is 1. The molecule has 0 spiro atoms. The van der Waals surface area contributed by atoms with Crippen LogP contribution in [-0.2, 0) is 5.60 Å². The first-order valence-corrected chi connectivity index (χ1v) is 9.71. The summed E-state index contributed by atoms with van der Waals surface area (Å²) in [4.78, 5) is 15.7. The lowest BCUT2D eigenvalue weighted by molar-refractivity contribution is -0.0729. The van der Waals surface area contributed by atoms with Crippen molar-refractivity contribution in [2.75, 3.05) is 13.1 Å². The van der Waals surface area contributed by atoms with Gasteiger partial charge in [-0.25, -0.2) is 0 Å².